The van der Waals surface area contributed by atoms with Crippen LogP contribution < -0.4 is 0 Å². The first kappa shape index (κ1) is 26.2. The first-order valence-corrected chi connectivity index (χ1v) is 14.4. The number of halogens is 4. The number of hydroxylamine groups is 2. The summed E-state index contributed by atoms with van der Waals surface area (Å²) < 4.78 is 67.8. The second-order valence-electron chi connectivity index (χ2n) is 7.35. The third-order valence-corrected chi connectivity index (χ3v) is 11.8. The van der Waals surface area contributed by atoms with Crippen molar-refractivity contribution >= 4 is 42.2 Å². The molecule has 12 heteroatoms. The molecule has 0 atom stereocenters. The second kappa shape index (κ2) is 10.4. The molecule has 34 heavy (non-hydrogen) atoms. The van der Waals surface area contributed by atoms with E-state index in [1.54, 1.807) is 43.3 Å². The molecule has 3 rings (SSSR count). The summed E-state index contributed by atoms with van der Waals surface area (Å²) in [7, 11) is -5.79. The normalized spacial score (nSPS) is 14.9. The summed E-state index contributed by atoms with van der Waals surface area (Å²) in [4.78, 5) is 28.8. The molecule has 1 heterocycles. The number of amides is 1. The first-order valence-electron chi connectivity index (χ1n) is 9.96. The van der Waals surface area contributed by atoms with Crippen LogP contribution in [0.4, 0.5) is 13.2 Å². The van der Waals surface area contributed by atoms with Crippen LogP contribution >= 0.6 is 20.2 Å². The van der Waals surface area contributed by atoms with Crippen LogP contribution in [-0.4, -0.2) is 30.9 Å². The molecule has 0 aromatic heterocycles. The van der Waals surface area contributed by atoms with Crippen LogP contribution in [0.15, 0.2) is 60.8 Å². The van der Waals surface area contributed by atoms with E-state index in [2.05, 4.69) is 6.58 Å². The van der Waals surface area contributed by atoms with Crippen molar-refractivity contribution < 1.29 is 38.5 Å². The number of carbonyl (C=O) groups is 2. The molecular weight excluding hydrogens is 590 g/mol. The van der Waals surface area contributed by atoms with Gasteiger partial charge in [-0.05, 0) is 0 Å². The van der Waals surface area contributed by atoms with Crippen LogP contribution in [0.5, 0.6) is 0 Å². The van der Waals surface area contributed by atoms with Gasteiger partial charge in [0, 0.05) is 0 Å². The maximum absolute atomic E-state index is 13.0. The Bertz CT molecular complexity index is 1160. The van der Waals surface area contributed by atoms with Crippen molar-refractivity contribution in [2.45, 2.75) is 38.1 Å². The zero-order chi connectivity index (χ0) is 25.1. The Kier molecular flexibility index (Phi) is 8.03. The van der Waals surface area contributed by atoms with E-state index in [1.165, 1.54) is 12.1 Å². The molecule has 1 amide bonds. The molecule has 1 saturated heterocycles. The zero-order valence-corrected chi connectivity index (χ0v) is 20.9. The zero-order valence-electron chi connectivity index (χ0n) is 18.0. The fraction of sp³-hybridized carbons (Fsp3) is 0.273. The Morgan fingerprint density at radius 1 is 1.06 bits per heavy atom. The van der Waals surface area contributed by atoms with Gasteiger partial charge in [0.15, 0.2) is 0 Å². The van der Waals surface area contributed by atoms with Gasteiger partial charge in [-0.2, -0.15) is 0 Å². The first-order chi connectivity index (χ1) is 15.9. The maximum atomic E-state index is 13.0. The summed E-state index contributed by atoms with van der Waals surface area (Å²) >= 11 is -3.47. The number of rotatable bonds is 8. The molecule has 184 valence electrons. The van der Waals surface area contributed by atoms with Crippen molar-refractivity contribution in [1.82, 2.24) is 5.06 Å². The fourth-order valence-electron chi connectivity index (χ4n) is 2.87. The van der Waals surface area contributed by atoms with Crippen LogP contribution in [0.25, 0.3) is 0 Å². The number of nitrogens with zero attached hydrogens (tertiary/aromatic N) is 1. The average Bonchev–Trinajstić information content (AvgIpc) is 3.08. The molecule has 0 aliphatic carbocycles. The molecule has 7 nitrogen and oxygen atoms in total. The van der Waals surface area contributed by atoms with Crippen molar-refractivity contribution in [2.75, 3.05) is 0 Å². The quantitative estimate of drug-likeness (QED) is 0.314. The molecule has 0 N–H and O–H groups in total. The molecule has 0 unspecified atom stereocenters. The van der Waals surface area contributed by atoms with Gasteiger partial charge in [0.05, 0.1) is 0 Å². The number of allylic oxidation sites excluding steroid dienone is 1. The number of carbonyl (C=O) groups excluding carboxylic acids is 2. The van der Waals surface area contributed by atoms with Gasteiger partial charge < -0.3 is 0 Å². The summed E-state index contributed by atoms with van der Waals surface area (Å²) in [6.45, 7) is 5.46. The van der Waals surface area contributed by atoms with Crippen LogP contribution in [0.2, 0.25) is 0 Å². The molecule has 0 spiro atoms. The predicted octanol–water partition coefficient (Wildman–Crippen LogP) is 4.85. The van der Waals surface area contributed by atoms with Gasteiger partial charge in [-0.3, -0.25) is 0 Å². The van der Waals surface area contributed by atoms with E-state index in [0.717, 1.165) is 10.6 Å². The van der Waals surface area contributed by atoms with Gasteiger partial charge in [0.1, 0.15) is 0 Å². The number of hydrogen-bond acceptors (Lipinski definition) is 6. The fourth-order valence-corrected chi connectivity index (χ4v) is 9.28. The standard InChI is InChI=1S/C22H21F3INO6S/c1-15-3-9-18(10-4-15)26(33-34(30,31)22(23,24)25)19-11-6-17(7-12-19)8-14-21(29)32-27-16(2)5-13-20(27)28/h3-4,6-7,9-12H,2,5,8,13-14H2,1H3. The van der Waals surface area contributed by atoms with Crippen LogP contribution in [0.3, 0.4) is 0 Å². The van der Waals surface area contributed by atoms with E-state index in [1.807, 2.05) is 0 Å². The molecular formula is C22H21F3INO6S. The third-order valence-electron chi connectivity index (χ3n) is 4.70. The number of hydrogen-bond donors (Lipinski definition) is 0. The number of alkyl halides is 3. The van der Waals surface area contributed by atoms with Crippen LogP contribution in [0.1, 0.15) is 30.4 Å². The minimum atomic E-state index is -5.79. The summed E-state index contributed by atoms with van der Waals surface area (Å²) in [6, 6.07) is 12.6. The van der Waals surface area contributed by atoms with Crippen LogP contribution in [0, 0.1) is 14.1 Å². The molecule has 0 saturated carbocycles. The van der Waals surface area contributed by atoms with E-state index in [9.17, 15) is 31.2 Å². The molecule has 1 aliphatic rings. The van der Waals surface area contributed by atoms with E-state index < -0.39 is 41.8 Å². The van der Waals surface area contributed by atoms with Gasteiger partial charge in [-0.1, -0.05) is 0 Å². The Morgan fingerprint density at radius 3 is 2.12 bits per heavy atom. The Balaban J connectivity index is 1.73. The summed E-state index contributed by atoms with van der Waals surface area (Å²) in [5.41, 5.74) is -3.59. The van der Waals surface area contributed by atoms with Gasteiger partial charge >= 0.3 is 203 Å². The van der Waals surface area contributed by atoms with Crippen molar-refractivity contribution in [3.63, 3.8) is 0 Å². The van der Waals surface area contributed by atoms with Crippen molar-refractivity contribution in [2.24, 2.45) is 0 Å². The van der Waals surface area contributed by atoms with Gasteiger partial charge in [-0.25, -0.2) is 0 Å². The molecule has 1 aliphatic heterocycles. The van der Waals surface area contributed by atoms with E-state index in [4.69, 9.17) is 7.35 Å². The molecule has 2 aromatic rings. The summed E-state index contributed by atoms with van der Waals surface area (Å²) in [5, 5.41) is 0.891. The van der Waals surface area contributed by atoms with Crippen molar-refractivity contribution in [3.8, 4) is 0 Å². The number of benzene rings is 2. The Labute approximate surface area is 202 Å². The van der Waals surface area contributed by atoms with Gasteiger partial charge in [-0.15, -0.1) is 0 Å². The van der Waals surface area contributed by atoms with E-state index in [0.29, 0.717) is 24.8 Å². The van der Waals surface area contributed by atoms with Crippen molar-refractivity contribution in [1.29, 1.82) is 0 Å². The van der Waals surface area contributed by atoms with Crippen LogP contribution in [-0.2, 0) is 33.5 Å². The molecule has 0 bridgehead atoms. The third kappa shape index (κ3) is 6.36. The Hall–Kier alpha value is -2.45. The molecule has 1 fully saturated rings. The summed E-state index contributed by atoms with van der Waals surface area (Å²) in [5.74, 6) is -0.975. The SMILES string of the molecule is C=C1CCC(=O)N1OC(=O)CCc1ccc(I(OS(=O)(=O)C(F)(F)F)c2ccc(C)cc2)cc1. The second-order valence-corrected chi connectivity index (χ2v) is 13.8. The van der Waals surface area contributed by atoms with Crippen molar-refractivity contribution in [3.05, 3.63) is 79.1 Å². The van der Waals surface area contributed by atoms with Gasteiger partial charge in [0.2, 0.25) is 0 Å². The topological polar surface area (TPSA) is 90.0 Å². The molecule has 2 aromatic carbocycles. The summed E-state index contributed by atoms with van der Waals surface area (Å²) in [6.07, 6.45) is 0.849. The van der Waals surface area contributed by atoms with E-state index >= 15 is 0 Å². The minimum absolute atomic E-state index is 0.0460. The monoisotopic (exact) mass is 611 g/mol. The predicted molar refractivity (Wildman–Crippen MR) is 125 cm³/mol. The van der Waals surface area contributed by atoms with E-state index in [-0.39, 0.29) is 25.2 Å². The molecule has 0 radical (unpaired) electrons. The van der Waals surface area contributed by atoms with Gasteiger partial charge in [0.25, 0.3) is 0 Å². The Morgan fingerprint density at radius 2 is 1.62 bits per heavy atom. The average molecular weight is 611 g/mol. The number of aryl methyl sites for hydroxylation is 2.